The molecular weight excluding hydrogens is 162 g/mol. The molecule has 1 aromatic heterocycles. The van der Waals surface area contributed by atoms with Gasteiger partial charge in [0.2, 0.25) is 0 Å². The van der Waals surface area contributed by atoms with Crippen LogP contribution in [0.3, 0.4) is 0 Å². The van der Waals surface area contributed by atoms with E-state index in [-0.39, 0.29) is 5.88 Å². The van der Waals surface area contributed by atoms with Crippen LogP contribution in [-0.2, 0) is 6.54 Å². The van der Waals surface area contributed by atoms with Crippen LogP contribution in [0, 0.1) is 10.1 Å². The van der Waals surface area contributed by atoms with Crippen LogP contribution >= 0.6 is 0 Å². The molecule has 0 unspecified atom stereocenters. The first kappa shape index (κ1) is 8.69. The molecule has 6 heteroatoms. The Balaban J connectivity index is 2.58. The molecule has 1 aromatic rings. The molecule has 12 heavy (non-hydrogen) atoms. The minimum absolute atomic E-state index is 0.233. The van der Waals surface area contributed by atoms with Crippen LogP contribution in [-0.4, -0.2) is 12.0 Å². The van der Waals surface area contributed by atoms with Gasteiger partial charge in [-0.15, -0.1) is 0 Å². The third kappa shape index (κ3) is 2.04. The van der Waals surface area contributed by atoms with Gasteiger partial charge in [-0.05, 0) is 13.1 Å². The Hall–Kier alpha value is -1.40. The largest absolute Gasteiger partial charge is 0.433 e. The van der Waals surface area contributed by atoms with Gasteiger partial charge >= 0.3 is 5.88 Å². The third-order valence-electron chi connectivity index (χ3n) is 1.27. The topological polar surface area (TPSA) is 80.3 Å². The number of nitrogens with one attached hydrogen (secondary N) is 2. The first-order chi connectivity index (χ1) is 5.74. The number of nitro groups is 1. The van der Waals surface area contributed by atoms with Gasteiger partial charge in [0.25, 0.3) is 0 Å². The highest BCUT2D eigenvalue weighted by Crippen LogP contribution is 2.14. The van der Waals surface area contributed by atoms with Gasteiger partial charge in [0.15, 0.2) is 0 Å². The minimum Gasteiger partial charge on any atom is -0.404 e. The van der Waals surface area contributed by atoms with Crippen molar-refractivity contribution in [2.24, 2.45) is 0 Å². The number of nitrogens with zero attached hydrogens (tertiary/aromatic N) is 1. The second-order valence-corrected chi connectivity index (χ2v) is 2.10. The van der Waals surface area contributed by atoms with Crippen molar-refractivity contribution < 1.29 is 9.34 Å². The molecule has 0 amide bonds. The summed E-state index contributed by atoms with van der Waals surface area (Å²) in [4.78, 5) is 9.60. The van der Waals surface area contributed by atoms with Gasteiger partial charge in [-0.25, -0.2) is 0 Å². The molecular formula is C6H9N3O3. The second kappa shape index (κ2) is 3.84. The van der Waals surface area contributed by atoms with Crippen LogP contribution in [0.25, 0.3) is 0 Å². The van der Waals surface area contributed by atoms with Crippen molar-refractivity contribution in [3.05, 3.63) is 28.0 Å². The van der Waals surface area contributed by atoms with Crippen molar-refractivity contribution >= 4 is 5.88 Å². The standard InChI is InChI=1S/C6H9N3O3/c1-7-8-4-5-2-3-6(12-5)9(10)11/h2-3,7-8H,4H2,1H3. The zero-order chi connectivity index (χ0) is 8.97. The van der Waals surface area contributed by atoms with E-state index < -0.39 is 4.92 Å². The summed E-state index contributed by atoms with van der Waals surface area (Å²) in [7, 11) is 1.71. The van der Waals surface area contributed by atoms with Crippen LogP contribution in [0.4, 0.5) is 5.88 Å². The molecule has 0 aliphatic carbocycles. The summed E-state index contributed by atoms with van der Waals surface area (Å²) >= 11 is 0. The summed E-state index contributed by atoms with van der Waals surface area (Å²) in [5.74, 6) is 0.291. The van der Waals surface area contributed by atoms with Crippen molar-refractivity contribution in [2.45, 2.75) is 6.54 Å². The molecule has 0 aromatic carbocycles. The molecule has 6 nitrogen and oxygen atoms in total. The van der Waals surface area contributed by atoms with E-state index in [0.29, 0.717) is 12.3 Å². The van der Waals surface area contributed by atoms with Gasteiger partial charge in [-0.2, -0.15) is 0 Å². The van der Waals surface area contributed by atoms with Crippen molar-refractivity contribution in [3.63, 3.8) is 0 Å². The lowest BCUT2D eigenvalue weighted by Gasteiger charge is -1.96. The van der Waals surface area contributed by atoms with Gasteiger partial charge < -0.3 is 4.42 Å². The van der Waals surface area contributed by atoms with Crippen LogP contribution in [0.5, 0.6) is 0 Å². The SMILES string of the molecule is CNNCc1ccc([N+](=O)[O-])o1. The predicted molar refractivity (Wildman–Crippen MR) is 41.3 cm³/mol. The van der Waals surface area contributed by atoms with E-state index in [9.17, 15) is 10.1 Å². The third-order valence-corrected chi connectivity index (χ3v) is 1.27. The highest BCUT2D eigenvalue weighted by molar-refractivity contribution is 5.17. The molecule has 0 aliphatic rings. The van der Waals surface area contributed by atoms with Gasteiger partial charge in [0.05, 0.1) is 12.6 Å². The summed E-state index contributed by atoms with van der Waals surface area (Å²) in [6.45, 7) is 0.421. The van der Waals surface area contributed by atoms with E-state index in [1.54, 1.807) is 13.1 Å². The first-order valence-electron chi connectivity index (χ1n) is 3.36. The molecule has 0 bridgehead atoms. The molecule has 0 atom stereocenters. The van der Waals surface area contributed by atoms with E-state index in [0.717, 1.165) is 0 Å². The van der Waals surface area contributed by atoms with E-state index >= 15 is 0 Å². The Morgan fingerprint density at radius 1 is 1.67 bits per heavy atom. The molecule has 0 radical (unpaired) electrons. The summed E-state index contributed by atoms with van der Waals surface area (Å²) in [5.41, 5.74) is 5.43. The average molecular weight is 171 g/mol. The molecule has 0 saturated heterocycles. The Morgan fingerprint density at radius 3 is 2.92 bits per heavy atom. The summed E-state index contributed by atoms with van der Waals surface area (Å²) in [5, 5.41) is 10.2. The molecule has 0 saturated carbocycles. The van der Waals surface area contributed by atoms with Gasteiger partial charge in [-0.3, -0.25) is 21.0 Å². The average Bonchev–Trinajstić information content (AvgIpc) is 2.48. The highest BCUT2D eigenvalue weighted by atomic mass is 16.6. The minimum atomic E-state index is -0.567. The summed E-state index contributed by atoms with van der Waals surface area (Å²) in [6.07, 6.45) is 0. The molecule has 1 heterocycles. The van der Waals surface area contributed by atoms with Crippen molar-refractivity contribution in [3.8, 4) is 0 Å². The molecule has 0 aliphatic heterocycles. The molecule has 0 fully saturated rings. The van der Waals surface area contributed by atoms with Crippen LogP contribution < -0.4 is 10.9 Å². The van der Waals surface area contributed by atoms with E-state index in [4.69, 9.17) is 4.42 Å². The first-order valence-corrected chi connectivity index (χ1v) is 3.36. The van der Waals surface area contributed by atoms with Crippen molar-refractivity contribution in [1.82, 2.24) is 10.9 Å². The second-order valence-electron chi connectivity index (χ2n) is 2.10. The van der Waals surface area contributed by atoms with Crippen molar-refractivity contribution in [2.75, 3.05) is 7.05 Å². The van der Waals surface area contributed by atoms with Gasteiger partial charge in [0, 0.05) is 0 Å². The number of hydrogen-bond donors (Lipinski definition) is 2. The van der Waals surface area contributed by atoms with E-state index in [1.165, 1.54) is 6.07 Å². The number of rotatable bonds is 4. The summed E-state index contributed by atoms with van der Waals surface area (Å²) in [6, 6.07) is 2.88. The highest BCUT2D eigenvalue weighted by Gasteiger charge is 2.10. The van der Waals surface area contributed by atoms with Crippen LogP contribution in [0.15, 0.2) is 16.5 Å². The van der Waals surface area contributed by atoms with Crippen molar-refractivity contribution in [1.29, 1.82) is 0 Å². The Morgan fingerprint density at radius 2 is 2.42 bits per heavy atom. The number of hydrogen-bond acceptors (Lipinski definition) is 5. The zero-order valence-electron chi connectivity index (χ0n) is 6.53. The molecule has 0 spiro atoms. The maximum absolute atomic E-state index is 10.2. The fourth-order valence-electron chi connectivity index (χ4n) is 0.735. The lowest BCUT2D eigenvalue weighted by Crippen LogP contribution is -2.26. The maximum Gasteiger partial charge on any atom is 0.433 e. The normalized spacial score (nSPS) is 10.1. The van der Waals surface area contributed by atoms with Gasteiger partial charge in [-0.1, -0.05) is 0 Å². The fourth-order valence-corrected chi connectivity index (χ4v) is 0.735. The number of furan rings is 1. The monoisotopic (exact) mass is 171 g/mol. The molecule has 1 rings (SSSR count). The Labute approximate surface area is 68.7 Å². The Bertz CT molecular complexity index is 271. The van der Waals surface area contributed by atoms with Crippen LogP contribution in [0.1, 0.15) is 5.76 Å². The van der Waals surface area contributed by atoms with Crippen LogP contribution in [0.2, 0.25) is 0 Å². The molecule has 2 N–H and O–H groups in total. The summed E-state index contributed by atoms with van der Waals surface area (Å²) < 4.78 is 4.85. The van der Waals surface area contributed by atoms with E-state index in [1.807, 2.05) is 0 Å². The number of hydrazine groups is 1. The molecule has 66 valence electrons. The van der Waals surface area contributed by atoms with E-state index in [2.05, 4.69) is 10.9 Å². The maximum atomic E-state index is 10.2. The predicted octanol–water partition coefficient (Wildman–Crippen LogP) is 0.412. The lowest BCUT2D eigenvalue weighted by molar-refractivity contribution is -0.402. The lowest BCUT2D eigenvalue weighted by atomic mass is 10.4. The quantitative estimate of drug-likeness (QED) is 0.506. The fraction of sp³-hybridized carbons (Fsp3) is 0.333. The zero-order valence-corrected chi connectivity index (χ0v) is 6.53. The smallest absolute Gasteiger partial charge is 0.404 e. The van der Waals surface area contributed by atoms with Gasteiger partial charge in [0.1, 0.15) is 10.7 Å². The Kier molecular flexibility index (Phi) is 2.78.